The van der Waals surface area contributed by atoms with Crippen molar-refractivity contribution in [2.45, 2.75) is 37.8 Å². The topological polar surface area (TPSA) is 71.1 Å². The molecule has 1 aromatic carbocycles. The van der Waals surface area contributed by atoms with Crippen molar-refractivity contribution in [1.29, 1.82) is 0 Å². The van der Waals surface area contributed by atoms with Crippen molar-refractivity contribution in [3.8, 4) is 5.75 Å². The van der Waals surface area contributed by atoms with Gasteiger partial charge >= 0.3 is 0 Å². The second-order valence-corrected chi connectivity index (χ2v) is 7.88. The summed E-state index contributed by atoms with van der Waals surface area (Å²) in [6.45, 7) is 4.47. The van der Waals surface area contributed by atoms with Crippen LogP contribution in [0.15, 0.2) is 24.3 Å². The average Bonchev–Trinajstić information content (AvgIpc) is 3.36. The van der Waals surface area contributed by atoms with E-state index in [1.165, 1.54) is 0 Å². The maximum atomic E-state index is 12.8. The molecule has 152 valence electrons. The number of rotatable bonds is 7. The predicted octanol–water partition coefficient (Wildman–Crippen LogP) is 1.28. The molecule has 0 unspecified atom stereocenters. The van der Waals surface area contributed by atoms with Crippen molar-refractivity contribution in [2.24, 2.45) is 0 Å². The number of nitrogens with one attached hydrogen (secondary N) is 1. The van der Waals surface area contributed by atoms with Gasteiger partial charge in [-0.3, -0.25) is 14.5 Å². The van der Waals surface area contributed by atoms with Gasteiger partial charge in [-0.15, -0.1) is 0 Å². The Bertz CT molecular complexity index is 693. The number of carbonyl (C=O) groups is 2. The van der Waals surface area contributed by atoms with Crippen LogP contribution in [-0.2, 0) is 9.53 Å². The van der Waals surface area contributed by atoms with Gasteiger partial charge in [0.05, 0.1) is 12.6 Å². The van der Waals surface area contributed by atoms with Crippen LogP contribution in [0.25, 0.3) is 0 Å². The van der Waals surface area contributed by atoms with E-state index in [0.29, 0.717) is 43.6 Å². The lowest BCUT2D eigenvalue weighted by molar-refractivity contribution is -0.122. The van der Waals surface area contributed by atoms with E-state index in [1.807, 2.05) is 29.2 Å². The number of benzene rings is 1. The highest BCUT2D eigenvalue weighted by atomic mass is 16.5. The van der Waals surface area contributed by atoms with Gasteiger partial charge in [0.1, 0.15) is 12.4 Å². The average molecular weight is 387 g/mol. The molecule has 1 atom stereocenters. The van der Waals surface area contributed by atoms with Crippen LogP contribution in [0.1, 0.15) is 36.0 Å². The summed E-state index contributed by atoms with van der Waals surface area (Å²) in [7, 11) is 0. The van der Waals surface area contributed by atoms with Gasteiger partial charge in [0, 0.05) is 44.4 Å². The minimum atomic E-state index is 0.0182. The van der Waals surface area contributed by atoms with Gasteiger partial charge in [0.15, 0.2) is 0 Å². The van der Waals surface area contributed by atoms with Crippen LogP contribution in [0.3, 0.4) is 0 Å². The Labute approximate surface area is 166 Å². The maximum absolute atomic E-state index is 12.8. The molecule has 0 bridgehead atoms. The van der Waals surface area contributed by atoms with Gasteiger partial charge < -0.3 is 19.7 Å². The third-order valence-corrected chi connectivity index (χ3v) is 5.51. The Hall–Kier alpha value is -2.12. The fraction of sp³-hybridized carbons (Fsp3) is 0.619. The third kappa shape index (κ3) is 5.23. The summed E-state index contributed by atoms with van der Waals surface area (Å²) in [6.07, 6.45) is 4.47. The molecule has 3 aliphatic rings. The van der Waals surface area contributed by atoms with Crippen LogP contribution in [0, 0.1) is 0 Å². The molecule has 0 aromatic heterocycles. The van der Waals surface area contributed by atoms with Gasteiger partial charge in [-0.25, -0.2) is 0 Å². The summed E-state index contributed by atoms with van der Waals surface area (Å²) in [6, 6.07) is 7.77. The molecular weight excluding hydrogens is 358 g/mol. The Balaban J connectivity index is 1.25. The first-order valence-electron chi connectivity index (χ1n) is 10.3. The Kier molecular flexibility index (Phi) is 6.12. The Morgan fingerprint density at radius 3 is 2.68 bits per heavy atom. The SMILES string of the molecule is O=C(CN1CCN(C(=O)c2cccc(OC[C@H]3CCCO3)c2)CC1)NC1CC1. The monoisotopic (exact) mass is 387 g/mol. The smallest absolute Gasteiger partial charge is 0.254 e. The van der Waals surface area contributed by atoms with E-state index in [4.69, 9.17) is 9.47 Å². The number of hydrogen-bond donors (Lipinski definition) is 1. The van der Waals surface area contributed by atoms with Crippen molar-refractivity contribution in [1.82, 2.24) is 15.1 Å². The highest BCUT2D eigenvalue weighted by Gasteiger charge is 2.26. The normalized spacial score (nSPS) is 22.9. The van der Waals surface area contributed by atoms with Crippen LogP contribution < -0.4 is 10.1 Å². The molecule has 2 amide bonds. The number of ether oxygens (including phenoxy) is 2. The predicted molar refractivity (Wildman–Crippen MR) is 104 cm³/mol. The number of carbonyl (C=O) groups excluding carboxylic acids is 2. The van der Waals surface area contributed by atoms with Gasteiger partial charge in [-0.05, 0) is 43.9 Å². The summed E-state index contributed by atoms with van der Waals surface area (Å²) in [5, 5.41) is 3.02. The van der Waals surface area contributed by atoms with Gasteiger partial charge in [-0.1, -0.05) is 6.07 Å². The second-order valence-electron chi connectivity index (χ2n) is 7.88. The van der Waals surface area contributed by atoms with Crippen molar-refractivity contribution >= 4 is 11.8 Å². The first-order valence-corrected chi connectivity index (χ1v) is 10.3. The molecule has 2 heterocycles. The Morgan fingerprint density at radius 1 is 1.14 bits per heavy atom. The van der Waals surface area contributed by atoms with E-state index in [1.54, 1.807) is 0 Å². The third-order valence-electron chi connectivity index (χ3n) is 5.51. The molecule has 0 spiro atoms. The summed E-state index contributed by atoms with van der Waals surface area (Å²) in [5.74, 6) is 0.819. The molecule has 4 rings (SSSR count). The van der Waals surface area contributed by atoms with E-state index >= 15 is 0 Å². The lowest BCUT2D eigenvalue weighted by Crippen LogP contribution is -2.51. The zero-order valence-electron chi connectivity index (χ0n) is 16.3. The highest BCUT2D eigenvalue weighted by molar-refractivity contribution is 5.94. The summed E-state index contributed by atoms with van der Waals surface area (Å²) in [5.41, 5.74) is 0.643. The molecule has 7 nitrogen and oxygen atoms in total. The largest absolute Gasteiger partial charge is 0.491 e. The Morgan fingerprint density at radius 2 is 1.96 bits per heavy atom. The molecule has 28 heavy (non-hydrogen) atoms. The molecule has 0 radical (unpaired) electrons. The van der Waals surface area contributed by atoms with E-state index in [9.17, 15) is 9.59 Å². The van der Waals surface area contributed by atoms with Crippen LogP contribution in [0.2, 0.25) is 0 Å². The van der Waals surface area contributed by atoms with E-state index in [-0.39, 0.29) is 17.9 Å². The van der Waals surface area contributed by atoms with E-state index in [0.717, 1.165) is 45.4 Å². The van der Waals surface area contributed by atoms with Gasteiger partial charge in [0.25, 0.3) is 5.91 Å². The van der Waals surface area contributed by atoms with E-state index < -0.39 is 0 Å². The maximum Gasteiger partial charge on any atom is 0.254 e. The number of amides is 2. The van der Waals surface area contributed by atoms with Crippen LogP contribution in [0.5, 0.6) is 5.75 Å². The van der Waals surface area contributed by atoms with Crippen molar-refractivity contribution in [3.63, 3.8) is 0 Å². The highest BCUT2D eigenvalue weighted by Crippen LogP contribution is 2.20. The van der Waals surface area contributed by atoms with Gasteiger partial charge in [-0.2, -0.15) is 0 Å². The minimum Gasteiger partial charge on any atom is -0.491 e. The molecule has 1 aliphatic carbocycles. The number of piperazine rings is 1. The van der Waals surface area contributed by atoms with Crippen LogP contribution in [-0.4, -0.2) is 79.7 Å². The molecule has 3 fully saturated rings. The molecule has 2 saturated heterocycles. The first kappa shape index (κ1) is 19.2. The lowest BCUT2D eigenvalue weighted by atomic mass is 10.1. The fourth-order valence-electron chi connectivity index (χ4n) is 3.68. The standard InChI is InChI=1S/C21H29N3O4/c25-20(22-17-6-7-17)14-23-8-10-24(11-9-23)21(26)16-3-1-4-18(13-16)28-15-19-5-2-12-27-19/h1,3-4,13,17,19H,2,5-12,14-15H2,(H,22,25)/t19-/m1/s1. The summed E-state index contributed by atoms with van der Waals surface area (Å²) < 4.78 is 11.4. The van der Waals surface area contributed by atoms with Crippen LogP contribution in [0.4, 0.5) is 0 Å². The molecule has 2 aliphatic heterocycles. The zero-order chi connectivity index (χ0) is 19.3. The number of nitrogens with zero attached hydrogens (tertiary/aromatic N) is 2. The fourth-order valence-corrected chi connectivity index (χ4v) is 3.68. The first-order chi connectivity index (χ1) is 13.7. The van der Waals surface area contributed by atoms with Crippen molar-refractivity contribution in [3.05, 3.63) is 29.8 Å². The molecule has 1 aromatic rings. The van der Waals surface area contributed by atoms with Crippen molar-refractivity contribution in [2.75, 3.05) is 45.9 Å². The molecule has 7 heteroatoms. The zero-order valence-corrected chi connectivity index (χ0v) is 16.3. The second kappa shape index (κ2) is 8.92. The van der Waals surface area contributed by atoms with Crippen molar-refractivity contribution < 1.29 is 19.1 Å². The quantitative estimate of drug-likeness (QED) is 0.763. The minimum absolute atomic E-state index is 0.0182. The lowest BCUT2D eigenvalue weighted by Gasteiger charge is -2.34. The molecule has 1 saturated carbocycles. The van der Waals surface area contributed by atoms with Crippen LogP contribution >= 0.6 is 0 Å². The molecular formula is C21H29N3O4. The van der Waals surface area contributed by atoms with Gasteiger partial charge in [0.2, 0.25) is 5.91 Å². The van der Waals surface area contributed by atoms with E-state index in [2.05, 4.69) is 10.2 Å². The summed E-state index contributed by atoms with van der Waals surface area (Å²) in [4.78, 5) is 28.7. The molecule has 1 N–H and O–H groups in total. The summed E-state index contributed by atoms with van der Waals surface area (Å²) >= 11 is 0. The number of hydrogen-bond acceptors (Lipinski definition) is 5.